The van der Waals surface area contributed by atoms with Gasteiger partial charge in [-0.05, 0) is 89.5 Å². The van der Waals surface area contributed by atoms with Gasteiger partial charge in [-0.3, -0.25) is 19.4 Å². The predicted molar refractivity (Wildman–Crippen MR) is 139 cm³/mol. The van der Waals surface area contributed by atoms with E-state index in [2.05, 4.69) is 29.1 Å². The number of aromatic nitrogens is 4. The molecule has 1 amide bonds. The van der Waals surface area contributed by atoms with Gasteiger partial charge in [0, 0.05) is 18.3 Å². The summed E-state index contributed by atoms with van der Waals surface area (Å²) in [6, 6.07) is -0.774. The van der Waals surface area contributed by atoms with Gasteiger partial charge in [-0.15, -0.1) is 0 Å². The average molecular weight is 552 g/mol. The summed E-state index contributed by atoms with van der Waals surface area (Å²) in [7, 11) is 0. The second-order valence-corrected chi connectivity index (χ2v) is 12.5. The molecule has 2 N–H and O–H groups in total. The van der Waals surface area contributed by atoms with Crippen LogP contribution < -0.4 is 0 Å². The molecule has 0 saturated heterocycles. The van der Waals surface area contributed by atoms with Gasteiger partial charge in [0.1, 0.15) is 0 Å². The van der Waals surface area contributed by atoms with Crippen LogP contribution in [-0.4, -0.2) is 54.4 Å². The molecule has 2 aromatic rings. The standard InChI is InChI=1S/C28H40F3N5O3/c1-17-21(18(2)34-33-17)10-15-35(19-6-11-26(3,4)12-7-19)24(37)22-16-32-36(23(22)28(29,30)31)20-8-13-27(5,14-9-20)25(38)39/h16,19-20H,6-15H2,1-5H3,(H,33,34)(H,38,39)/t20-,27-. The number of amides is 1. The lowest BCUT2D eigenvalue weighted by Crippen LogP contribution is -2.45. The number of hydrogen-bond acceptors (Lipinski definition) is 4. The Labute approximate surface area is 227 Å². The summed E-state index contributed by atoms with van der Waals surface area (Å²) in [6.07, 6.45) is 1.01. The summed E-state index contributed by atoms with van der Waals surface area (Å²) >= 11 is 0. The van der Waals surface area contributed by atoms with Crippen molar-refractivity contribution in [2.75, 3.05) is 6.54 Å². The molecule has 2 heterocycles. The molecule has 0 spiro atoms. The number of H-pyrrole nitrogens is 1. The number of nitrogens with zero attached hydrogens (tertiary/aromatic N) is 4. The van der Waals surface area contributed by atoms with Crippen LogP contribution >= 0.6 is 0 Å². The Morgan fingerprint density at radius 3 is 2.23 bits per heavy atom. The summed E-state index contributed by atoms with van der Waals surface area (Å²) in [5.41, 5.74) is 0.386. The molecule has 2 aliphatic carbocycles. The van der Waals surface area contributed by atoms with Gasteiger partial charge >= 0.3 is 12.1 Å². The topological polar surface area (TPSA) is 104 Å². The van der Waals surface area contributed by atoms with Crippen molar-refractivity contribution in [3.8, 4) is 0 Å². The van der Waals surface area contributed by atoms with Crippen molar-refractivity contribution < 1.29 is 27.9 Å². The number of aryl methyl sites for hydroxylation is 2. The smallest absolute Gasteiger partial charge is 0.433 e. The van der Waals surface area contributed by atoms with Gasteiger partial charge in [-0.1, -0.05) is 13.8 Å². The van der Waals surface area contributed by atoms with E-state index < -0.39 is 40.8 Å². The van der Waals surface area contributed by atoms with Crippen LogP contribution in [0.2, 0.25) is 0 Å². The Morgan fingerprint density at radius 1 is 1.10 bits per heavy atom. The number of carbonyl (C=O) groups excluding carboxylic acids is 1. The normalized spacial score (nSPS) is 24.1. The van der Waals surface area contributed by atoms with Crippen LogP contribution in [0.25, 0.3) is 0 Å². The zero-order valence-electron chi connectivity index (χ0n) is 23.5. The Bertz CT molecular complexity index is 1180. The molecule has 11 heteroatoms. The molecule has 0 aliphatic heterocycles. The third kappa shape index (κ3) is 6.01. The van der Waals surface area contributed by atoms with E-state index in [9.17, 15) is 27.9 Å². The van der Waals surface area contributed by atoms with Gasteiger partial charge < -0.3 is 10.0 Å². The van der Waals surface area contributed by atoms with E-state index in [1.54, 1.807) is 11.8 Å². The van der Waals surface area contributed by atoms with E-state index in [-0.39, 0.29) is 43.7 Å². The molecule has 2 aliphatic rings. The number of carbonyl (C=O) groups is 2. The molecule has 0 radical (unpaired) electrons. The first-order chi connectivity index (χ1) is 18.1. The minimum absolute atomic E-state index is 0.135. The van der Waals surface area contributed by atoms with Gasteiger partial charge in [0.15, 0.2) is 5.69 Å². The molecule has 0 unspecified atom stereocenters. The maximum atomic E-state index is 14.5. The second-order valence-electron chi connectivity index (χ2n) is 12.5. The van der Waals surface area contributed by atoms with E-state index >= 15 is 0 Å². The summed E-state index contributed by atoms with van der Waals surface area (Å²) < 4.78 is 44.5. The average Bonchev–Trinajstić information content (AvgIpc) is 3.44. The van der Waals surface area contributed by atoms with Crippen LogP contribution in [0.3, 0.4) is 0 Å². The van der Waals surface area contributed by atoms with E-state index in [4.69, 9.17) is 0 Å². The van der Waals surface area contributed by atoms with Crippen LogP contribution in [0.15, 0.2) is 6.20 Å². The van der Waals surface area contributed by atoms with Crippen molar-refractivity contribution in [1.82, 2.24) is 24.9 Å². The number of carboxylic acid groups (broad SMARTS) is 1. The maximum absolute atomic E-state index is 14.5. The molecule has 8 nitrogen and oxygen atoms in total. The van der Waals surface area contributed by atoms with Crippen LogP contribution in [0.4, 0.5) is 13.2 Å². The lowest BCUT2D eigenvalue weighted by atomic mass is 9.74. The van der Waals surface area contributed by atoms with Gasteiger partial charge in [0.05, 0.1) is 28.9 Å². The molecular weight excluding hydrogens is 511 g/mol. The number of halogens is 3. The molecule has 0 bridgehead atoms. The largest absolute Gasteiger partial charge is 0.481 e. The first kappa shape index (κ1) is 29.1. The third-order valence-corrected chi connectivity index (χ3v) is 9.11. The number of rotatable bonds is 7. The molecule has 0 atom stereocenters. The Balaban J connectivity index is 1.65. The first-order valence-corrected chi connectivity index (χ1v) is 13.8. The van der Waals surface area contributed by atoms with E-state index in [1.807, 2.05) is 13.8 Å². The number of aromatic amines is 1. The highest BCUT2D eigenvalue weighted by atomic mass is 19.4. The zero-order chi connectivity index (χ0) is 28.8. The molecule has 2 saturated carbocycles. The monoisotopic (exact) mass is 551 g/mol. The molecular formula is C28H40F3N5O3. The van der Waals surface area contributed by atoms with Crippen molar-refractivity contribution in [3.63, 3.8) is 0 Å². The Morgan fingerprint density at radius 2 is 1.72 bits per heavy atom. The molecule has 39 heavy (non-hydrogen) atoms. The lowest BCUT2D eigenvalue weighted by Gasteiger charge is -2.40. The Kier molecular flexibility index (Phi) is 7.93. The van der Waals surface area contributed by atoms with Crippen LogP contribution in [0.5, 0.6) is 0 Å². The van der Waals surface area contributed by atoms with Crippen molar-refractivity contribution in [2.24, 2.45) is 10.8 Å². The SMILES string of the molecule is Cc1n[nH]c(C)c1CCN(C(=O)c1cnn([C@H]2CC[C@](C)(C(=O)O)CC2)c1C(F)(F)F)C1CCC(C)(C)CC1. The molecule has 4 rings (SSSR count). The van der Waals surface area contributed by atoms with Crippen LogP contribution in [0.1, 0.15) is 111 Å². The fraction of sp³-hybridized carbons (Fsp3) is 0.714. The minimum atomic E-state index is -4.78. The molecule has 216 valence electrons. The van der Waals surface area contributed by atoms with Crippen molar-refractivity contribution in [2.45, 2.75) is 111 Å². The van der Waals surface area contributed by atoms with Crippen molar-refractivity contribution >= 4 is 11.9 Å². The van der Waals surface area contributed by atoms with Gasteiger partial charge in [-0.2, -0.15) is 23.4 Å². The van der Waals surface area contributed by atoms with Crippen molar-refractivity contribution in [1.29, 1.82) is 0 Å². The highest BCUT2D eigenvalue weighted by Gasteiger charge is 2.45. The van der Waals surface area contributed by atoms with Gasteiger partial charge in [-0.25, -0.2) is 0 Å². The number of aliphatic carboxylic acids is 1. The predicted octanol–water partition coefficient (Wildman–Crippen LogP) is 6.10. The number of hydrogen-bond donors (Lipinski definition) is 2. The van der Waals surface area contributed by atoms with Gasteiger partial charge in [0.2, 0.25) is 0 Å². The van der Waals surface area contributed by atoms with E-state index in [1.165, 1.54) is 0 Å². The fourth-order valence-corrected chi connectivity index (χ4v) is 6.25. The summed E-state index contributed by atoms with van der Waals surface area (Å²) in [5.74, 6) is -1.59. The molecule has 0 aromatic carbocycles. The number of nitrogens with one attached hydrogen (secondary N) is 1. The third-order valence-electron chi connectivity index (χ3n) is 9.11. The number of carboxylic acids is 1. The quantitative estimate of drug-likeness (QED) is 0.433. The van der Waals surface area contributed by atoms with Crippen LogP contribution in [0, 0.1) is 24.7 Å². The second kappa shape index (κ2) is 10.6. The highest BCUT2D eigenvalue weighted by Crippen LogP contribution is 2.44. The summed E-state index contributed by atoms with van der Waals surface area (Å²) in [6.45, 7) is 10.0. The minimum Gasteiger partial charge on any atom is -0.481 e. The van der Waals surface area contributed by atoms with Crippen molar-refractivity contribution in [3.05, 3.63) is 34.4 Å². The van der Waals surface area contributed by atoms with Crippen LogP contribution in [-0.2, 0) is 17.4 Å². The summed E-state index contributed by atoms with van der Waals surface area (Å²) in [4.78, 5) is 27.2. The first-order valence-electron chi connectivity index (χ1n) is 13.8. The highest BCUT2D eigenvalue weighted by molar-refractivity contribution is 5.95. The van der Waals surface area contributed by atoms with Gasteiger partial charge in [0.25, 0.3) is 5.91 Å². The molecule has 2 aromatic heterocycles. The lowest BCUT2D eigenvalue weighted by molar-refractivity contribution is -0.152. The van der Waals surface area contributed by atoms with E-state index in [0.717, 1.165) is 53.5 Å². The zero-order valence-corrected chi connectivity index (χ0v) is 23.5. The maximum Gasteiger partial charge on any atom is 0.433 e. The molecule has 2 fully saturated rings. The fourth-order valence-electron chi connectivity index (χ4n) is 6.25. The van der Waals surface area contributed by atoms with E-state index in [0.29, 0.717) is 6.42 Å². The summed E-state index contributed by atoms with van der Waals surface area (Å²) in [5, 5.41) is 20.8. The Hall–Kier alpha value is -2.85. The number of alkyl halides is 3.